The topological polar surface area (TPSA) is 77.1 Å². The highest BCUT2D eigenvalue weighted by molar-refractivity contribution is 7.87. The Morgan fingerprint density at radius 1 is 1.11 bits per heavy atom. The van der Waals surface area contributed by atoms with Gasteiger partial charge in [0.1, 0.15) is 23.1 Å². The molecular weight excluding hydrogens is 481 g/mol. The Bertz CT molecular complexity index is 975. The van der Waals surface area contributed by atoms with Crippen molar-refractivity contribution in [3.8, 4) is 5.75 Å². The van der Waals surface area contributed by atoms with Crippen molar-refractivity contribution < 1.29 is 23.2 Å². The van der Waals surface area contributed by atoms with E-state index in [1.165, 1.54) is 6.07 Å². The Balaban J connectivity index is 1.33. The summed E-state index contributed by atoms with van der Waals surface area (Å²) in [6, 6.07) is 15.9. The number of carbonyl (C=O) groups is 1. The molecule has 0 bridgehead atoms. The Morgan fingerprint density at radius 2 is 1.86 bits per heavy atom. The number of para-hydroxylation sites is 1. The van der Waals surface area contributed by atoms with Gasteiger partial charge in [0.2, 0.25) is 0 Å². The lowest BCUT2D eigenvalue weighted by Gasteiger charge is -2.39. The SMILES string of the molecule is CN(C)[S+]([O-])NC1CCN(C(=O)Oc2ccccc2)C[C@H]1CO[C@H]1CC[C@@H](c2cccc(F)c2)CC1. The van der Waals surface area contributed by atoms with Crippen molar-refractivity contribution >= 4 is 17.6 Å². The standard InChI is InChI=1S/C27H36FN3O4S/c1-30(2)36(33)29-26-15-16-31(27(32)35-25-9-4-3-5-10-25)18-22(26)19-34-24-13-11-20(12-14-24)21-7-6-8-23(28)17-21/h3-10,17,20,22,24,26,29H,11-16,18-19H2,1-2H3/t20-,22-,24+,26?,36?/m0/s1. The summed E-state index contributed by atoms with van der Waals surface area (Å²) >= 11 is -1.32. The molecule has 2 fully saturated rings. The highest BCUT2D eigenvalue weighted by Gasteiger charge is 2.36. The number of amides is 1. The molecule has 1 saturated carbocycles. The molecule has 2 aromatic rings. The van der Waals surface area contributed by atoms with Gasteiger partial charge in [-0.3, -0.25) is 0 Å². The smallest absolute Gasteiger partial charge is 0.415 e. The van der Waals surface area contributed by atoms with E-state index >= 15 is 0 Å². The van der Waals surface area contributed by atoms with Crippen molar-refractivity contribution in [3.05, 3.63) is 66.0 Å². The maximum atomic E-state index is 13.6. The minimum atomic E-state index is -1.32. The van der Waals surface area contributed by atoms with Gasteiger partial charge in [-0.05, 0) is 67.9 Å². The summed E-state index contributed by atoms with van der Waals surface area (Å²) in [7, 11) is 3.52. The molecule has 0 radical (unpaired) electrons. The molecule has 1 amide bonds. The normalized spacial score (nSPS) is 25.5. The molecule has 36 heavy (non-hydrogen) atoms. The minimum Gasteiger partial charge on any atom is -0.579 e. The Kier molecular flexibility index (Phi) is 9.61. The molecule has 0 spiro atoms. The van der Waals surface area contributed by atoms with Crippen molar-refractivity contribution in [3.63, 3.8) is 0 Å². The number of halogens is 1. The first-order chi connectivity index (χ1) is 17.4. The van der Waals surface area contributed by atoms with Gasteiger partial charge in [-0.25, -0.2) is 9.18 Å². The maximum absolute atomic E-state index is 13.6. The van der Waals surface area contributed by atoms with Crippen LogP contribution in [0, 0.1) is 11.7 Å². The summed E-state index contributed by atoms with van der Waals surface area (Å²) in [5.41, 5.74) is 1.06. The molecule has 1 saturated heterocycles. The van der Waals surface area contributed by atoms with Crippen LogP contribution in [0.1, 0.15) is 43.6 Å². The quantitative estimate of drug-likeness (QED) is 0.520. The third kappa shape index (κ3) is 7.43. The fourth-order valence-electron chi connectivity index (χ4n) is 4.99. The third-order valence-corrected chi connectivity index (χ3v) is 8.23. The van der Waals surface area contributed by atoms with Crippen LogP contribution in [0.4, 0.5) is 9.18 Å². The predicted octanol–water partition coefficient (Wildman–Crippen LogP) is 4.49. The lowest BCUT2D eigenvalue weighted by atomic mass is 9.82. The largest absolute Gasteiger partial charge is 0.579 e. The molecule has 1 aliphatic carbocycles. The first-order valence-electron chi connectivity index (χ1n) is 12.6. The monoisotopic (exact) mass is 517 g/mol. The van der Waals surface area contributed by atoms with Gasteiger partial charge in [0.25, 0.3) is 0 Å². The number of likely N-dealkylation sites (tertiary alicyclic amines) is 1. The van der Waals surface area contributed by atoms with Crippen molar-refractivity contribution in [1.29, 1.82) is 0 Å². The van der Waals surface area contributed by atoms with Crippen LogP contribution in [0.5, 0.6) is 5.75 Å². The van der Waals surface area contributed by atoms with Crippen LogP contribution in [0.15, 0.2) is 54.6 Å². The number of nitrogens with one attached hydrogen (secondary N) is 1. The molecule has 0 aromatic heterocycles. The van der Waals surface area contributed by atoms with Crippen LogP contribution >= 0.6 is 0 Å². The number of hydrogen-bond acceptors (Lipinski definition) is 6. The molecule has 2 aliphatic rings. The second-order valence-corrected chi connectivity index (χ2v) is 11.3. The zero-order valence-corrected chi connectivity index (χ0v) is 21.8. The van der Waals surface area contributed by atoms with Crippen molar-refractivity contribution in [2.45, 2.75) is 50.2 Å². The van der Waals surface area contributed by atoms with Gasteiger partial charge in [0, 0.05) is 33.1 Å². The number of rotatable bonds is 8. The Hall–Kier alpha value is -2.17. The van der Waals surface area contributed by atoms with E-state index in [-0.39, 0.29) is 30.0 Å². The molecular formula is C27H36FN3O4S. The molecule has 2 aromatic carbocycles. The summed E-state index contributed by atoms with van der Waals surface area (Å²) in [5.74, 6) is 0.661. The highest BCUT2D eigenvalue weighted by atomic mass is 32.2. The Morgan fingerprint density at radius 3 is 2.56 bits per heavy atom. The lowest BCUT2D eigenvalue weighted by Crippen LogP contribution is -2.55. The van der Waals surface area contributed by atoms with E-state index < -0.39 is 11.5 Å². The fraction of sp³-hybridized carbons (Fsp3) is 0.519. The van der Waals surface area contributed by atoms with Crippen LogP contribution in [-0.2, 0) is 16.3 Å². The summed E-state index contributed by atoms with van der Waals surface area (Å²) < 4.78 is 42.8. The van der Waals surface area contributed by atoms with Crippen LogP contribution in [-0.4, -0.2) is 65.8 Å². The van der Waals surface area contributed by atoms with E-state index in [9.17, 15) is 13.7 Å². The number of piperidine rings is 1. The average molecular weight is 518 g/mol. The molecule has 7 nitrogen and oxygen atoms in total. The second-order valence-electron chi connectivity index (χ2n) is 9.82. The van der Waals surface area contributed by atoms with Gasteiger partial charge in [-0.2, -0.15) is 0 Å². The molecule has 1 heterocycles. The molecule has 1 aliphatic heterocycles. The lowest BCUT2D eigenvalue weighted by molar-refractivity contribution is -0.0146. The minimum absolute atomic E-state index is 0.0214. The molecule has 2 unspecified atom stereocenters. The van der Waals surface area contributed by atoms with Crippen LogP contribution in [0.2, 0.25) is 0 Å². The molecule has 1 N–H and O–H groups in total. The van der Waals surface area contributed by atoms with E-state index in [0.29, 0.717) is 37.8 Å². The maximum Gasteiger partial charge on any atom is 0.415 e. The van der Waals surface area contributed by atoms with Gasteiger partial charge in [0.05, 0.1) is 18.8 Å². The highest BCUT2D eigenvalue weighted by Crippen LogP contribution is 2.34. The number of benzene rings is 2. The molecule has 4 rings (SSSR count). The van der Waals surface area contributed by atoms with Gasteiger partial charge in [-0.1, -0.05) is 30.3 Å². The number of hydrogen-bond donors (Lipinski definition) is 1. The first kappa shape index (κ1) is 26.9. The van der Waals surface area contributed by atoms with Crippen LogP contribution in [0.3, 0.4) is 0 Å². The van der Waals surface area contributed by atoms with Gasteiger partial charge in [-0.15, -0.1) is 9.03 Å². The van der Waals surface area contributed by atoms with Gasteiger partial charge >= 0.3 is 6.09 Å². The van der Waals surface area contributed by atoms with E-state index in [0.717, 1.165) is 31.2 Å². The van der Waals surface area contributed by atoms with Crippen LogP contribution in [0.25, 0.3) is 0 Å². The van der Waals surface area contributed by atoms with Crippen molar-refractivity contribution in [2.75, 3.05) is 33.8 Å². The number of carbonyl (C=O) groups excluding carboxylic acids is 1. The first-order valence-corrected chi connectivity index (χ1v) is 13.7. The van der Waals surface area contributed by atoms with Gasteiger partial charge < -0.3 is 18.9 Å². The zero-order valence-electron chi connectivity index (χ0n) is 21.0. The van der Waals surface area contributed by atoms with E-state index in [1.54, 1.807) is 47.6 Å². The average Bonchev–Trinajstić information content (AvgIpc) is 2.89. The van der Waals surface area contributed by atoms with E-state index in [4.69, 9.17) is 9.47 Å². The number of nitrogens with zero attached hydrogens (tertiary/aromatic N) is 2. The predicted molar refractivity (Wildman–Crippen MR) is 138 cm³/mol. The van der Waals surface area contributed by atoms with E-state index in [2.05, 4.69) is 4.72 Å². The molecule has 196 valence electrons. The fourth-order valence-corrected chi connectivity index (χ4v) is 5.77. The second kappa shape index (κ2) is 12.9. The summed E-state index contributed by atoms with van der Waals surface area (Å²) in [6.45, 7) is 1.45. The van der Waals surface area contributed by atoms with Crippen LogP contribution < -0.4 is 9.46 Å². The van der Waals surface area contributed by atoms with Gasteiger partial charge in [0.15, 0.2) is 0 Å². The van der Waals surface area contributed by atoms with E-state index in [1.807, 2.05) is 24.3 Å². The molecule has 3 atom stereocenters. The Labute approximate surface area is 216 Å². The molecule has 9 heteroatoms. The summed E-state index contributed by atoms with van der Waals surface area (Å²) in [4.78, 5) is 14.5. The number of ether oxygens (including phenoxy) is 2. The van der Waals surface area contributed by atoms with Crippen molar-refractivity contribution in [1.82, 2.24) is 13.9 Å². The summed E-state index contributed by atoms with van der Waals surface area (Å²) in [5, 5.41) is 0. The zero-order chi connectivity index (χ0) is 25.5. The van der Waals surface area contributed by atoms with Crippen molar-refractivity contribution in [2.24, 2.45) is 5.92 Å². The third-order valence-electron chi connectivity index (χ3n) is 7.06. The summed E-state index contributed by atoms with van der Waals surface area (Å²) in [6.07, 6.45) is 4.14.